The van der Waals surface area contributed by atoms with Gasteiger partial charge in [-0.1, -0.05) is 18.2 Å². The molecule has 0 radical (unpaired) electrons. The average Bonchev–Trinajstić information content (AvgIpc) is 2.33. The van der Waals surface area contributed by atoms with Crippen molar-refractivity contribution in [1.29, 1.82) is 0 Å². The highest BCUT2D eigenvalue weighted by Crippen LogP contribution is 2.16. The maximum atomic E-state index is 5.69. The zero-order chi connectivity index (χ0) is 11.2. The topological polar surface area (TPSA) is 18.5 Å². The molecule has 2 rings (SSSR count). The molecule has 1 aromatic rings. The molecule has 0 bridgehead atoms. The Hall–Kier alpha value is -0.510. The fourth-order valence-corrected chi connectivity index (χ4v) is 2.14. The van der Waals surface area contributed by atoms with Gasteiger partial charge in [0.1, 0.15) is 0 Å². The van der Waals surface area contributed by atoms with Crippen molar-refractivity contribution in [3.05, 3.63) is 29.8 Å². The normalized spacial score (nSPS) is 20.9. The molecule has 1 saturated heterocycles. The Labute approximate surface area is 102 Å². The van der Waals surface area contributed by atoms with Crippen LogP contribution >= 0.6 is 12.6 Å². The molecule has 1 heterocycles. The van der Waals surface area contributed by atoms with Gasteiger partial charge in [0.2, 0.25) is 0 Å². The third-order valence-corrected chi connectivity index (χ3v) is 3.24. The van der Waals surface area contributed by atoms with Crippen molar-refractivity contribution in [3.8, 4) is 0 Å². The maximum absolute atomic E-state index is 5.69. The van der Waals surface area contributed by atoms with Gasteiger partial charge in [-0.05, 0) is 37.3 Å². The lowest BCUT2D eigenvalue weighted by Gasteiger charge is -2.22. The number of rotatable bonds is 4. The molecule has 16 heavy (non-hydrogen) atoms. The maximum Gasteiger partial charge on any atom is 0.157 e. The lowest BCUT2D eigenvalue weighted by molar-refractivity contribution is -0.161. The van der Waals surface area contributed by atoms with E-state index in [9.17, 15) is 0 Å². The van der Waals surface area contributed by atoms with Gasteiger partial charge in [-0.15, -0.1) is 12.6 Å². The summed E-state index contributed by atoms with van der Waals surface area (Å²) in [5, 5.41) is 0. The van der Waals surface area contributed by atoms with Crippen LogP contribution < -0.4 is 0 Å². The van der Waals surface area contributed by atoms with Gasteiger partial charge in [0, 0.05) is 11.5 Å². The van der Waals surface area contributed by atoms with Crippen LogP contribution in [0.5, 0.6) is 0 Å². The largest absolute Gasteiger partial charge is 0.353 e. The molecule has 88 valence electrons. The minimum Gasteiger partial charge on any atom is -0.353 e. The SMILES string of the molecule is Sc1ccccc1CCOC1CCCCO1. The van der Waals surface area contributed by atoms with Crippen LogP contribution in [0, 0.1) is 0 Å². The molecule has 1 unspecified atom stereocenters. The quantitative estimate of drug-likeness (QED) is 0.813. The average molecular weight is 238 g/mol. The molecule has 1 aromatic carbocycles. The number of hydrogen-bond acceptors (Lipinski definition) is 3. The number of hydrogen-bond donors (Lipinski definition) is 1. The fourth-order valence-electron chi connectivity index (χ4n) is 1.87. The third-order valence-electron chi connectivity index (χ3n) is 2.80. The molecule has 0 saturated carbocycles. The van der Waals surface area contributed by atoms with Gasteiger partial charge in [0.15, 0.2) is 6.29 Å². The summed E-state index contributed by atoms with van der Waals surface area (Å²) in [5.74, 6) is 0. The third kappa shape index (κ3) is 3.51. The zero-order valence-corrected chi connectivity index (χ0v) is 10.3. The number of ether oxygens (including phenoxy) is 2. The minimum atomic E-state index is 0.0147. The van der Waals surface area contributed by atoms with Crippen molar-refractivity contribution >= 4 is 12.6 Å². The predicted octanol–water partition coefficient (Wildman–Crippen LogP) is 3.06. The monoisotopic (exact) mass is 238 g/mol. The van der Waals surface area contributed by atoms with E-state index in [1.807, 2.05) is 18.2 Å². The van der Waals surface area contributed by atoms with Crippen LogP contribution in [0.1, 0.15) is 24.8 Å². The van der Waals surface area contributed by atoms with Gasteiger partial charge < -0.3 is 9.47 Å². The second-order valence-corrected chi connectivity index (χ2v) is 4.53. The summed E-state index contributed by atoms with van der Waals surface area (Å²) >= 11 is 4.41. The Bertz CT molecular complexity index is 321. The van der Waals surface area contributed by atoms with Crippen LogP contribution in [0.2, 0.25) is 0 Å². The van der Waals surface area contributed by atoms with Crippen LogP contribution in [0.15, 0.2) is 29.2 Å². The first-order chi connectivity index (χ1) is 7.86. The van der Waals surface area contributed by atoms with Gasteiger partial charge in [-0.25, -0.2) is 0 Å². The van der Waals surface area contributed by atoms with Gasteiger partial charge >= 0.3 is 0 Å². The summed E-state index contributed by atoms with van der Waals surface area (Å²) in [6.07, 6.45) is 4.33. The van der Waals surface area contributed by atoms with E-state index in [4.69, 9.17) is 9.47 Å². The van der Waals surface area contributed by atoms with E-state index in [1.54, 1.807) is 0 Å². The molecular formula is C13H18O2S. The van der Waals surface area contributed by atoms with Crippen LogP contribution in [0.25, 0.3) is 0 Å². The van der Waals surface area contributed by atoms with Crippen molar-refractivity contribution in [1.82, 2.24) is 0 Å². The molecular weight excluding hydrogens is 220 g/mol. The Morgan fingerprint density at radius 3 is 2.94 bits per heavy atom. The van der Waals surface area contributed by atoms with Gasteiger partial charge in [0.05, 0.1) is 6.61 Å². The molecule has 0 amide bonds. The summed E-state index contributed by atoms with van der Waals surface area (Å²) in [5.41, 5.74) is 1.24. The van der Waals surface area contributed by atoms with Gasteiger partial charge in [-0.3, -0.25) is 0 Å². The zero-order valence-electron chi connectivity index (χ0n) is 9.39. The molecule has 0 aliphatic carbocycles. The van der Waals surface area contributed by atoms with Gasteiger partial charge in [0.25, 0.3) is 0 Å². The summed E-state index contributed by atoms with van der Waals surface area (Å²) < 4.78 is 11.2. The van der Waals surface area contributed by atoms with Crippen LogP contribution in [0.4, 0.5) is 0 Å². The fraction of sp³-hybridized carbons (Fsp3) is 0.538. The van der Waals surface area contributed by atoms with E-state index in [-0.39, 0.29) is 6.29 Å². The lowest BCUT2D eigenvalue weighted by Crippen LogP contribution is -2.23. The first-order valence-electron chi connectivity index (χ1n) is 5.86. The molecule has 1 fully saturated rings. The van der Waals surface area contributed by atoms with Crippen LogP contribution in [-0.4, -0.2) is 19.5 Å². The first kappa shape index (κ1) is 12.0. The summed E-state index contributed by atoms with van der Waals surface area (Å²) in [6.45, 7) is 1.55. The Kier molecular flexibility index (Phi) is 4.69. The summed E-state index contributed by atoms with van der Waals surface area (Å²) in [7, 11) is 0. The number of benzene rings is 1. The molecule has 0 spiro atoms. The molecule has 0 N–H and O–H groups in total. The van der Waals surface area contributed by atoms with Crippen molar-refractivity contribution in [2.75, 3.05) is 13.2 Å². The Balaban J connectivity index is 1.73. The molecule has 1 atom stereocenters. The standard InChI is InChI=1S/C13H18O2S/c16-12-6-2-1-5-11(12)8-10-15-13-7-3-4-9-14-13/h1-2,5-6,13,16H,3-4,7-10H2. The van der Waals surface area contributed by atoms with E-state index in [1.165, 1.54) is 18.4 Å². The minimum absolute atomic E-state index is 0.0147. The van der Waals surface area contributed by atoms with Crippen molar-refractivity contribution < 1.29 is 9.47 Å². The summed E-state index contributed by atoms with van der Waals surface area (Å²) in [6, 6.07) is 8.13. The van der Waals surface area contributed by atoms with E-state index in [0.717, 1.165) is 24.3 Å². The molecule has 2 nitrogen and oxygen atoms in total. The number of thiol groups is 1. The Morgan fingerprint density at radius 1 is 1.31 bits per heavy atom. The highest BCUT2D eigenvalue weighted by Gasteiger charge is 2.13. The predicted molar refractivity (Wildman–Crippen MR) is 66.9 cm³/mol. The highest BCUT2D eigenvalue weighted by atomic mass is 32.1. The second kappa shape index (κ2) is 6.28. The van der Waals surface area contributed by atoms with Crippen LogP contribution in [-0.2, 0) is 15.9 Å². The Morgan fingerprint density at radius 2 is 2.19 bits per heavy atom. The van der Waals surface area contributed by atoms with Crippen molar-refractivity contribution in [2.24, 2.45) is 0 Å². The van der Waals surface area contributed by atoms with Crippen molar-refractivity contribution in [2.45, 2.75) is 36.9 Å². The molecule has 0 aromatic heterocycles. The van der Waals surface area contributed by atoms with E-state index in [2.05, 4.69) is 18.7 Å². The van der Waals surface area contributed by atoms with Gasteiger partial charge in [-0.2, -0.15) is 0 Å². The molecule has 1 aliphatic heterocycles. The highest BCUT2D eigenvalue weighted by molar-refractivity contribution is 7.80. The molecule has 3 heteroatoms. The van der Waals surface area contributed by atoms with E-state index in [0.29, 0.717) is 6.61 Å². The first-order valence-corrected chi connectivity index (χ1v) is 6.31. The smallest absolute Gasteiger partial charge is 0.157 e. The van der Waals surface area contributed by atoms with E-state index >= 15 is 0 Å². The van der Waals surface area contributed by atoms with Crippen molar-refractivity contribution in [3.63, 3.8) is 0 Å². The van der Waals surface area contributed by atoms with E-state index < -0.39 is 0 Å². The summed E-state index contributed by atoms with van der Waals surface area (Å²) in [4.78, 5) is 1.04. The molecule has 1 aliphatic rings. The van der Waals surface area contributed by atoms with Crippen LogP contribution in [0.3, 0.4) is 0 Å². The second-order valence-electron chi connectivity index (χ2n) is 4.05. The lowest BCUT2D eigenvalue weighted by atomic mass is 10.1.